The van der Waals surface area contributed by atoms with Crippen LogP contribution < -0.4 is 0 Å². The van der Waals surface area contributed by atoms with Crippen molar-refractivity contribution in [3.63, 3.8) is 0 Å². The summed E-state index contributed by atoms with van der Waals surface area (Å²) in [5.74, 6) is -52.0. The molecule has 0 saturated heterocycles. The molecule has 0 aromatic heterocycles. The molecule has 0 heterocycles. The molecule has 0 aliphatic heterocycles. The quantitative estimate of drug-likeness (QED) is 0.158. The van der Waals surface area contributed by atoms with Crippen molar-refractivity contribution in [1.29, 1.82) is 0 Å². The molecular weight excluding hydrogens is 734 g/mol. The third-order valence-electron chi connectivity index (χ3n) is 4.47. The van der Waals surface area contributed by atoms with Crippen LogP contribution in [0.15, 0.2) is 24.3 Å². The minimum Gasteiger partial charge on any atom is -0.281 e. The maximum atomic E-state index is 13.0. The van der Waals surface area contributed by atoms with E-state index in [2.05, 4.69) is 53.8 Å². The summed E-state index contributed by atoms with van der Waals surface area (Å²) in [6.45, 7) is 2.21. The summed E-state index contributed by atoms with van der Waals surface area (Å²) >= 11 is 2.32. The van der Waals surface area contributed by atoms with Crippen LogP contribution in [-0.4, -0.2) is 59.9 Å². The van der Waals surface area contributed by atoms with Crippen molar-refractivity contribution >= 4 is 32.7 Å². The second-order valence-corrected chi connectivity index (χ2v) is 10.0. The van der Waals surface area contributed by atoms with Crippen LogP contribution in [0.1, 0.15) is 18.9 Å². The van der Waals surface area contributed by atoms with E-state index in [1.54, 1.807) is 0 Å². The van der Waals surface area contributed by atoms with E-state index in [4.69, 9.17) is 4.55 Å². The summed E-state index contributed by atoms with van der Waals surface area (Å²) in [7, 11) is -7.89. The molecule has 22 heteroatoms. The highest BCUT2D eigenvalue weighted by molar-refractivity contribution is 14.1. The van der Waals surface area contributed by atoms with E-state index in [-0.39, 0.29) is 0 Å². The fourth-order valence-electron chi connectivity index (χ4n) is 2.25. The van der Waals surface area contributed by atoms with Gasteiger partial charge < -0.3 is 0 Å². The Hall–Kier alpha value is -1.33. The highest BCUT2D eigenvalue weighted by atomic mass is 127. The lowest BCUT2D eigenvalue weighted by Crippen LogP contribution is -2.74. The molecule has 0 spiro atoms. The summed E-state index contributed by atoms with van der Waals surface area (Å²) in [5.41, 5.74) is 1.45. The number of benzene rings is 1. The van der Waals surface area contributed by atoms with Crippen LogP contribution in [0, 0.1) is 3.57 Å². The smallest absolute Gasteiger partial charge is 0.281 e. The lowest BCUT2D eigenvalue weighted by atomic mass is 9.91. The first-order valence-corrected chi connectivity index (χ1v) is 11.8. The van der Waals surface area contributed by atoms with Crippen molar-refractivity contribution < 1.29 is 87.6 Å². The van der Waals surface area contributed by atoms with Gasteiger partial charge in [0, 0.05) is 3.57 Å². The summed E-state index contributed by atoms with van der Waals surface area (Å²) in [5, 5.41) is -7.84. The molecule has 0 aliphatic rings. The van der Waals surface area contributed by atoms with E-state index < -0.39 is 57.1 Å². The second-order valence-electron chi connectivity index (χ2n) is 7.31. The Labute approximate surface area is 220 Å². The summed E-state index contributed by atoms with van der Waals surface area (Å²) in [6.07, 6.45) is -5.44. The van der Waals surface area contributed by atoms with Gasteiger partial charge in [-0.1, -0.05) is 25.5 Å². The average molecular weight is 746 g/mol. The monoisotopic (exact) mass is 746 g/mol. The zero-order valence-electron chi connectivity index (χ0n) is 18.2. The minimum atomic E-state index is -8.89. The van der Waals surface area contributed by atoms with Crippen molar-refractivity contribution in [3.8, 4) is 0 Å². The SMILES string of the molecule is CCCc1ccc(I)cc1.O=S(=O)(O)C(F)(F)C(F)(F)C(F)(F)C(F)(F)C(F)(F)C(F)(F)C(F)(F)C(F)(F)F. The van der Waals surface area contributed by atoms with Gasteiger partial charge in [0.1, 0.15) is 0 Å². The molecule has 0 amide bonds. The van der Waals surface area contributed by atoms with Gasteiger partial charge in [-0.15, -0.1) is 0 Å². The molecule has 0 radical (unpaired) electrons. The van der Waals surface area contributed by atoms with Crippen LogP contribution in [0.4, 0.5) is 74.6 Å². The van der Waals surface area contributed by atoms with E-state index in [1.807, 2.05) is 0 Å². The number of halogens is 18. The molecule has 230 valence electrons. The Morgan fingerprint density at radius 1 is 0.615 bits per heavy atom. The third kappa shape index (κ3) is 6.30. The molecule has 0 unspecified atom stereocenters. The summed E-state index contributed by atoms with van der Waals surface area (Å²) in [6, 6.07) is 8.72. The Morgan fingerprint density at radius 3 is 1.21 bits per heavy atom. The van der Waals surface area contributed by atoms with E-state index in [0.29, 0.717) is 0 Å². The lowest BCUT2D eigenvalue weighted by molar-refractivity contribution is -0.458. The molecule has 1 rings (SSSR count). The Bertz CT molecular complexity index is 1080. The first-order chi connectivity index (χ1) is 16.8. The molecule has 1 aromatic rings. The molecular formula is C17H12F17IO3S. The van der Waals surface area contributed by atoms with Gasteiger partial charge >= 0.3 is 57.1 Å². The van der Waals surface area contributed by atoms with E-state index in [0.717, 1.165) is 0 Å². The Morgan fingerprint density at radius 2 is 0.923 bits per heavy atom. The van der Waals surface area contributed by atoms with Gasteiger partial charge in [-0.05, 0) is 46.7 Å². The van der Waals surface area contributed by atoms with Crippen molar-refractivity contribution in [2.24, 2.45) is 0 Å². The first-order valence-electron chi connectivity index (χ1n) is 9.25. The normalized spacial score (nSPS) is 15.1. The van der Waals surface area contributed by atoms with Crippen molar-refractivity contribution in [1.82, 2.24) is 0 Å². The van der Waals surface area contributed by atoms with Crippen LogP contribution in [0.5, 0.6) is 0 Å². The van der Waals surface area contributed by atoms with Crippen molar-refractivity contribution in [3.05, 3.63) is 33.4 Å². The number of aryl methyl sites for hydroxylation is 1. The van der Waals surface area contributed by atoms with Crippen LogP contribution in [0.3, 0.4) is 0 Å². The fourth-order valence-corrected chi connectivity index (χ4v) is 3.06. The van der Waals surface area contributed by atoms with E-state index in [9.17, 15) is 83.1 Å². The molecule has 0 bridgehead atoms. The molecule has 1 N–H and O–H groups in total. The molecule has 3 nitrogen and oxygen atoms in total. The predicted octanol–water partition coefficient (Wildman–Crippen LogP) is 8.08. The highest BCUT2D eigenvalue weighted by Crippen LogP contribution is 2.64. The van der Waals surface area contributed by atoms with Crippen LogP contribution >= 0.6 is 22.6 Å². The van der Waals surface area contributed by atoms with Crippen molar-refractivity contribution in [2.75, 3.05) is 0 Å². The largest absolute Gasteiger partial charge is 0.460 e. The summed E-state index contributed by atoms with van der Waals surface area (Å²) in [4.78, 5) is 0. The number of hydrogen-bond acceptors (Lipinski definition) is 2. The number of rotatable bonds is 9. The van der Waals surface area contributed by atoms with Gasteiger partial charge in [-0.25, -0.2) is 0 Å². The number of alkyl halides is 17. The Balaban J connectivity index is 0.00000120. The molecule has 0 saturated carbocycles. The van der Waals surface area contributed by atoms with Crippen LogP contribution in [-0.2, 0) is 16.5 Å². The van der Waals surface area contributed by atoms with Gasteiger partial charge in [0.2, 0.25) is 0 Å². The van der Waals surface area contributed by atoms with Crippen LogP contribution in [0.25, 0.3) is 0 Å². The summed E-state index contributed by atoms with van der Waals surface area (Å²) < 4.78 is 244. The fraction of sp³-hybridized carbons (Fsp3) is 0.647. The molecule has 0 fully saturated rings. The first kappa shape index (κ1) is 37.7. The van der Waals surface area contributed by atoms with Gasteiger partial charge in [-0.3, -0.25) is 4.55 Å². The minimum absolute atomic E-state index is 1.21. The van der Waals surface area contributed by atoms with E-state index in [1.165, 1.54) is 22.0 Å². The van der Waals surface area contributed by atoms with Gasteiger partial charge in [0.25, 0.3) is 0 Å². The van der Waals surface area contributed by atoms with Gasteiger partial charge in [-0.2, -0.15) is 83.1 Å². The van der Waals surface area contributed by atoms with Gasteiger partial charge in [0.15, 0.2) is 0 Å². The molecule has 39 heavy (non-hydrogen) atoms. The third-order valence-corrected chi connectivity index (χ3v) is 6.09. The average Bonchev–Trinajstić information content (AvgIpc) is 2.73. The maximum absolute atomic E-state index is 13.0. The molecule has 0 aliphatic carbocycles. The highest BCUT2D eigenvalue weighted by Gasteiger charge is 2.96. The molecule has 1 aromatic carbocycles. The Kier molecular flexibility index (Phi) is 10.8. The zero-order chi connectivity index (χ0) is 31.9. The zero-order valence-corrected chi connectivity index (χ0v) is 21.2. The lowest BCUT2D eigenvalue weighted by Gasteiger charge is -2.42. The van der Waals surface area contributed by atoms with E-state index >= 15 is 0 Å². The maximum Gasteiger partial charge on any atom is 0.460 e. The second kappa shape index (κ2) is 11.2. The number of hydrogen-bond donors (Lipinski definition) is 1. The predicted molar refractivity (Wildman–Crippen MR) is 105 cm³/mol. The topological polar surface area (TPSA) is 54.4 Å². The van der Waals surface area contributed by atoms with Crippen molar-refractivity contribution in [2.45, 2.75) is 66.7 Å². The van der Waals surface area contributed by atoms with Gasteiger partial charge in [0.05, 0.1) is 0 Å². The van der Waals surface area contributed by atoms with Crippen LogP contribution in [0.2, 0.25) is 0 Å². The molecule has 0 atom stereocenters. The standard InChI is InChI=1S/C9H11I.C8HF17O3S/c1-2-3-8-4-6-9(10)7-5-8;9-1(10,3(13,14)5(17,18)7(21,22)23)2(11,12)4(15,16)6(19,20)8(24,25)29(26,27)28/h4-7H,2-3H2,1H3;(H,26,27,28).